The fourth-order valence-corrected chi connectivity index (χ4v) is 2.25. The van der Waals surface area contributed by atoms with Crippen LogP contribution in [0.2, 0.25) is 0 Å². The van der Waals surface area contributed by atoms with Crippen molar-refractivity contribution in [3.63, 3.8) is 0 Å². The van der Waals surface area contributed by atoms with Gasteiger partial charge in [0.25, 0.3) is 0 Å². The van der Waals surface area contributed by atoms with Crippen molar-refractivity contribution >= 4 is 21.7 Å². The molecule has 1 heterocycles. The van der Waals surface area contributed by atoms with Crippen LogP contribution in [-0.4, -0.2) is 34.9 Å². The van der Waals surface area contributed by atoms with E-state index in [4.69, 9.17) is 9.47 Å². The molecule has 0 aliphatic rings. The van der Waals surface area contributed by atoms with Crippen LogP contribution in [0, 0.1) is 0 Å². The second-order valence-electron chi connectivity index (χ2n) is 3.54. The van der Waals surface area contributed by atoms with Gasteiger partial charge < -0.3 is 9.47 Å². The zero-order valence-corrected chi connectivity index (χ0v) is 11.0. The molecule has 1 atom stereocenters. The highest BCUT2D eigenvalue weighted by Gasteiger charge is 2.17. The SMILES string of the molecule is COc1ccc2[nH]nc(S(C)=O)c(=O)c2c1OC. The Hall–Kier alpha value is -1.89. The molecule has 0 bridgehead atoms. The quantitative estimate of drug-likeness (QED) is 0.885. The number of benzene rings is 1. The highest BCUT2D eigenvalue weighted by molar-refractivity contribution is 7.84. The summed E-state index contributed by atoms with van der Waals surface area (Å²) in [5.74, 6) is 0.750. The Morgan fingerprint density at radius 1 is 1.28 bits per heavy atom. The van der Waals surface area contributed by atoms with Crippen LogP contribution in [0.4, 0.5) is 0 Å². The third-order valence-electron chi connectivity index (χ3n) is 2.52. The molecule has 0 spiro atoms. The summed E-state index contributed by atoms with van der Waals surface area (Å²) in [5.41, 5.74) is 0.0900. The molecule has 96 valence electrons. The number of nitrogens with zero attached hydrogens (tertiary/aromatic N) is 1. The molecule has 2 rings (SSSR count). The van der Waals surface area contributed by atoms with Gasteiger partial charge >= 0.3 is 0 Å². The van der Waals surface area contributed by atoms with Crippen LogP contribution in [0.5, 0.6) is 11.5 Å². The predicted molar refractivity (Wildman–Crippen MR) is 67.8 cm³/mol. The van der Waals surface area contributed by atoms with E-state index in [9.17, 15) is 9.00 Å². The van der Waals surface area contributed by atoms with Crippen LogP contribution < -0.4 is 14.9 Å². The molecule has 0 radical (unpaired) electrons. The van der Waals surface area contributed by atoms with Crippen LogP contribution >= 0.6 is 0 Å². The van der Waals surface area contributed by atoms with Crippen molar-refractivity contribution in [1.82, 2.24) is 10.2 Å². The van der Waals surface area contributed by atoms with E-state index in [1.54, 1.807) is 12.1 Å². The summed E-state index contributed by atoms with van der Waals surface area (Å²) in [6, 6.07) is 3.33. The smallest absolute Gasteiger partial charge is 0.228 e. The van der Waals surface area contributed by atoms with Crippen LogP contribution in [-0.2, 0) is 10.8 Å². The van der Waals surface area contributed by atoms with Gasteiger partial charge in [-0.3, -0.25) is 14.1 Å². The van der Waals surface area contributed by atoms with Crippen LogP contribution in [0.15, 0.2) is 22.0 Å². The van der Waals surface area contributed by atoms with E-state index >= 15 is 0 Å². The third kappa shape index (κ3) is 1.86. The van der Waals surface area contributed by atoms with Gasteiger partial charge in [-0.1, -0.05) is 0 Å². The fourth-order valence-electron chi connectivity index (χ4n) is 1.71. The lowest BCUT2D eigenvalue weighted by Gasteiger charge is -2.10. The first-order chi connectivity index (χ1) is 8.60. The molecular formula is C11H12N2O4S. The van der Waals surface area contributed by atoms with E-state index in [2.05, 4.69) is 10.2 Å². The van der Waals surface area contributed by atoms with Crippen LogP contribution in [0.25, 0.3) is 10.9 Å². The molecule has 0 aliphatic heterocycles. The summed E-state index contributed by atoms with van der Waals surface area (Å²) in [4.78, 5) is 12.2. The highest BCUT2D eigenvalue weighted by atomic mass is 32.2. The Morgan fingerprint density at radius 3 is 2.56 bits per heavy atom. The van der Waals surface area contributed by atoms with Gasteiger partial charge in [0.1, 0.15) is 0 Å². The minimum atomic E-state index is -1.47. The summed E-state index contributed by atoms with van der Waals surface area (Å²) in [6.45, 7) is 0. The number of hydrogen-bond donors (Lipinski definition) is 1. The van der Waals surface area contributed by atoms with Crippen molar-refractivity contribution in [1.29, 1.82) is 0 Å². The van der Waals surface area contributed by atoms with Gasteiger partial charge in [-0.15, -0.1) is 0 Å². The minimum absolute atomic E-state index is 0.0333. The summed E-state index contributed by atoms with van der Waals surface area (Å²) in [5, 5.41) is 6.75. The van der Waals surface area contributed by atoms with Crippen LogP contribution in [0.3, 0.4) is 0 Å². The first kappa shape index (κ1) is 12.6. The largest absolute Gasteiger partial charge is 0.493 e. The molecule has 1 unspecified atom stereocenters. The summed E-state index contributed by atoms with van der Waals surface area (Å²) >= 11 is 0. The van der Waals surface area contributed by atoms with Gasteiger partial charge in [0, 0.05) is 6.26 Å². The van der Waals surface area contributed by atoms with Gasteiger partial charge in [-0.05, 0) is 12.1 Å². The van der Waals surface area contributed by atoms with Gasteiger partial charge in [-0.25, -0.2) is 0 Å². The third-order valence-corrected chi connectivity index (χ3v) is 3.34. The Kier molecular flexibility index (Phi) is 3.33. The molecule has 18 heavy (non-hydrogen) atoms. The first-order valence-corrected chi connectivity index (χ1v) is 6.62. The summed E-state index contributed by atoms with van der Waals surface area (Å²) in [6.07, 6.45) is 1.40. The molecule has 0 saturated carbocycles. The van der Waals surface area contributed by atoms with Crippen LogP contribution in [0.1, 0.15) is 0 Å². The van der Waals surface area contributed by atoms with Crippen molar-refractivity contribution in [3.05, 3.63) is 22.4 Å². The monoisotopic (exact) mass is 268 g/mol. The van der Waals surface area contributed by atoms with E-state index in [0.717, 1.165) is 0 Å². The van der Waals surface area contributed by atoms with E-state index < -0.39 is 16.2 Å². The maximum atomic E-state index is 12.2. The van der Waals surface area contributed by atoms with Gasteiger partial charge in [0.15, 0.2) is 16.5 Å². The molecule has 1 aromatic heterocycles. The molecule has 0 saturated heterocycles. The number of fused-ring (bicyclic) bond motifs is 1. The first-order valence-electron chi connectivity index (χ1n) is 5.07. The number of ether oxygens (including phenoxy) is 2. The zero-order chi connectivity index (χ0) is 13.3. The number of nitrogens with one attached hydrogen (secondary N) is 1. The van der Waals surface area contributed by atoms with E-state index in [1.807, 2.05) is 0 Å². The second-order valence-corrected chi connectivity index (χ2v) is 4.83. The Balaban J connectivity index is 2.93. The zero-order valence-electron chi connectivity index (χ0n) is 10.1. The fraction of sp³-hybridized carbons (Fsp3) is 0.273. The highest BCUT2D eigenvalue weighted by Crippen LogP contribution is 2.32. The molecule has 6 nitrogen and oxygen atoms in total. The number of rotatable bonds is 3. The number of hydrogen-bond acceptors (Lipinski definition) is 5. The Morgan fingerprint density at radius 2 is 2.00 bits per heavy atom. The lowest BCUT2D eigenvalue weighted by Crippen LogP contribution is -2.15. The van der Waals surface area contributed by atoms with Gasteiger partial charge in [0.2, 0.25) is 5.43 Å². The second kappa shape index (κ2) is 4.77. The standard InChI is InChI=1S/C11H12N2O4S/c1-16-7-5-4-6-8(10(7)17-2)9(14)11(13-12-6)18(3)15/h4-5H,1-3H3,(H,12,14). The average molecular weight is 268 g/mol. The molecular weight excluding hydrogens is 256 g/mol. The topological polar surface area (TPSA) is 81.3 Å². The normalized spacial score (nSPS) is 12.4. The van der Waals surface area contributed by atoms with Crippen molar-refractivity contribution in [2.75, 3.05) is 20.5 Å². The maximum absolute atomic E-state index is 12.2. The minimum Gasteiger partial charge on any atom is -0.493 e. The molecule has 1 N–H and O–H groups in total. The predicted octanol–water partition coefficient (Wildman–Crippen LogP) is 0.678. The maximum Gasteiger partial charge on any atom is 0.228 e. The molecule has 0 aliphatic carbocycles. The molecule has 0 amide bonds. The summed E-state index contributed by atoms with van der Waals surface area (Å²) in [7, 11) is 1.46. The Labute approximate surface area is 105 Å². The molecule has 0 fully saturated rings. The van der Waals surface area contributed by atoms with Gasteiger partial charge in [-0.2, -0.15) is 5.10 Å². The van der Waals surface area contributed by atoms with Crippen molar-refractivity contribution in [2.24, 2.45) is 0 Å². The summed E-state index contributed by atoms with van der Waals surface area (Å²) < 4.78 is 21.7. The van der Waals surface area contributed by atoms with E-state index in [-0.39, 0.29) is 10.4 Å². The number of methoxy groups -OCH3 is 2. The lowest BCUT2D eigenvalue weighted by atomic mass is 10.2. The van der Waals surface area contributed by atoms with Gasteiger partial charge in [0.05, 0.1) is 35.9 Å². The van der Waals surface area contributed by atoms with E-state index in [0.29, 0.717) is 17.0 Å². The number of aromatic nitrogens is 2. The lowest BCUT2D eigenvalue weighted by molar-refractivity contribution is 0.358. The Bertz CT molecular complexity index is 681. The number of aromatic amines is 1. The molecule has 7 heteroatoms. The number of H-pyrrole nitrogens is 1. The average Bonchev–Trinajstić information content (AvgIpc) is 2.37. The van der Waals surface area contributed by atoms with E-state index in [1.165, 1.54) is 20.5 Å². The van der Waals surface area contributed by atoms with Crippen molar-refractivity contribution in [2.45, 2.75) is 5.03 Å². The van der Waals surface area contributed by atoms with Crippen molar-refractivity contribution < 1.29 is 13.7 Å². The van der Waals surface area contributed by atoms with Crippen molar-refractivity contribution in [3.8, 4) is 11.5 Å². The molecule has 1 aromatic carbocycles. The molecule has 2 aromatic rings.